The highest BCUT2D eigenvalue weighted by Crippen LogP contribution is 2.22. The van der Waals surface area contributed by atoms with Crippen LogP contribution < -0.4 is 15.8 Å². The Kier molecular flexibility index (Phi) is 3.41. The number of anilines is 3. The number of ether oxygens (including phenoxy) is 1. The number of benzene rings is 1. The van der Waals surface area contributed by atoms with E-state index < -0.39 is 11.6 Å². The Morgan fingerprint density at radius 1 is 1.16 bits per heavy atom. The van der Waals surface area contributed by atoms with E-state index in [9.17, 15) is 8.78 Å². The van der Waals surface area contributed by atoms with E-state index in [4.69, 9.17) is 10.5 Å². The van der Waals surface area contributed by atoms with Crippen LogP contribution in [0.3, 0.4) is 0 Å². The largest absolute Gasteiger partial charge is 0.467 e. The van der Waals surface area contributed by atoms with Crippen LogP contribution >= 0.6 is 0 Å². The number of aryl methyl sites for hydroxylation is 1. The Balaban J connectivity index is 2.36. The molecule has 0 saturated heterocycles. The summed E-state index contributed by atoms with van der Waals surface area (Å²) in [7, 11) is 1.35. The van der Waals surface area contributed by atoms with Gasteiger partial charge in [0.1, 0.15) is 11.6 Å². The highest BCUT2D eigenvalue weighted by atomic mass is 19.1. The minimum absolute atomic E-state index is 0.0250. The van der Waals surface area contributed by atoms with Crippen LogP contribution in [0.25, 0.3) is 0 Å². The summed E-state index contributed by atoms with van der Waals surface area (Å²) in [6, 6.07) is 2.05. The van der Waals surface area contributed by atoms with E-state index in [0.29, 0.717) is 0 Å². The van der Waals surface area contributed by atoms with E-state index in [1.54, 1.807) is 0 Å². The quantitative estimate of drug-likeness (QED) is 0.881. The second-order valence-corrected chi connectivity index (χ2v) is 3.71. The van der Waals surface area contributed by atoms with Crippen molar-refractivity contribution >= 4 is 17.6 Å². The standard InChI is InChI=1S/C11H11F2N5O/c1-5-3-7(13)8(4-6(5)12)15-10-16-9(14)17-11(18-10)19-2/h3-4H,1-2H3,(H3,14,15,16,17,18). The van der Waals surface area contributed by atoms with Crippen molar-refractivity contribution in [1.82, 2.24) is 15.0 Å². The van der Waals surface area contributed by atoms with Gasteiger partial charge in [0.05, 0.1) is 12.8 Å². The minimum atomic E-state index is -0.628. The molecule has 6 nitrogen and oxygen atoms in total. The third-order valence-electron chi connectivity index (χ3n) is 2.31. The van der Waals surface area contributed by atoms with Gasteiger partial charge in [-0.1, -0.05) is 0 Å². The number of hydrogen-bond acceptors (Lipinski definition) is 6. The summed E-state index contributed by atoms with van der Waals surface area (Å²) in [6.45, 7) is 1.46. The maximum Gasteiger partial charge on any atom is 0.322 e. The second kappa shape index (κ2) is 5.01. The molecule has 0 bridgehead atoms. The smallest absolute Gasteiger partial charge is 0.322 e. The summed E-state index contributed by atoms with van der Waals surface area (Å²) in [4.78, 5) is 11.2. The monoisotopic (exact) mass is 267 g/mol. The van der Waals surface area contributed by atoms with Gasteiger partial charge in [-0.15, -0.1) is 0 Å². The first kappa shape index (κ1) is 12.9. The Bertz CT molecular complexity index is 620. The average molecular weight is 267 g/mol. The normalized spacial score (nSPS) is 10.3. The van der Waals surface area contributed by atoms with Gasteiger partial charge in [-0.25, -0.2) is 8.78 Å². The highest BCUT2D eigenvalue weighted by molar-refractivity contribution is 5.55. The Labute approximate surface area is 107 Å². The molecule has 0 saturated carbocycles. The number of nitrogens with two attached hydrogens (primary N) is 1. The predicted octanol–water partition coefficient (Wildman–Crippen LogP) is 1.79. The van der Waals surface area contributed by atoms with E-state index in [-0.39, 0.29) is 29.2 Å². The molecule has 0 radical (unpaired) electrons. The first-order valence-corrected chi connectivity index (χ1v) is 5.28. The van der Waals surface area contributed by atoms with E-state index in [1.165, 1.54) is 14.0 Å². The number of rotatable bonds is 3. The lowest BCUT2D eigenvalue weighted by Crippen LogP contribution is -2.06. The molecule has 1 aromatic heterocycles. The third kappa shape index (κ3) is 2.84. The van der Waals surface area contributed by atoms with Crippen LogP contribution in [0, 0.1) is 18.6 Å². The first-order valence-electron chi connectivity index (χ1n) is 5.28. The molecule has 0 fully saturated rings. The van der Waals surface area contributed by atoms with E-state index in [1.807, 2.05) is 0 Å². The molecule has 8 heteroatoms. The lowest BCUT2D eigenvalue weighted by Gasteiger charge is -2.08. The molecule has 2 aromatic rings. The molecule has 0 unspecified atom stereocenters. The van der Waals surface area contributed by atoms with Crippen molar-refractivity contribution in [2.45, 2.75) is 6.92 Å². The van der Waals surface area contributed by atoms with Crippen molar-refractivity contribution in [1.29, 1.82) is 0 Å². The molecule has 19 heavy (non-hydrogen) atoms. The highest BCUT2D eigenvalue weighted by Gasteiger charge is 2.10. The Morgan fingerprint density at radius 2 is 1.89 bits per heavy atom. The number of halogens is 2. The molecule has 0 aliphatic carbocycles. The number of aromatic nitrogens is 3. The second-order valence-electron chi connectivity index (χ2n) is 3.71. The van der Waals surface area contributed by atoms with Gasteiger partial charge in [0.2, 0.25) is 11.9 Å². The first-order chi connectivity index (χ1) is 8.99. The van der Waals surface area contributed by atoms with Gasteiger partial charge in [0, 0.05) is 6.07 Å². The zero-order chi connectivity index (χ0) is 14.0. The maximum absolute atomic E-state index is 13.6. The topological polar surface area (TPSA) is 86.0 Å². The van der Waals surface area contributed by atoms with Crippen LogP contribution in [0.15, 0.2) is 12.1 Å². The number of nitrogens with zero attached hydrogens (tertiary/aromatic N) is 3. The van der Waals surface area contributed by atoms with Crippen LogP contribution in [-0.2, 0) is 0 Å². The molecule has 1 aromatic carbocycles. The number of hydrogen-bond donors (Lipinski definition) is 2. The number of nitrogens with one attached hydrogen (secondary N) is 1. The lowest BCUT2D eigenvalue weighted by molar-refractivity contribution is 0.380. The van der Waals surface area contributed by atoms with Crippen molar-refractivity contribution in [3.05, 3.63) is 29.3 Å². The lowest BCUT2D eigenvalue weighted by atomic mass is 10.2. The van der Waals surface area contributed by atoms with Gasteiger partial charge in [-0.05, 0) is 18.6 Å². The van der Waals surface area contributed by atoms with E-state index in [0.717, 1.165) is 12.1 Å². The van der Waals surface area contributed by atoms with Crippen molar-refractivity contribution < 1.29 is 13.5 Å². The SMILES string of the molecule is COc1nc(N)nc(Nc2cc(F)c(C)cc2F)n1. The fourth-order valence-electron chi connectivity index (χ4n) is 1.38. The zero-order valence-electron chi connectivity index (χ0n) is 10.2. The summed E-state index contributed by atoms with van der Waals surface area (Å²) >= 11 is 0. The summed E-state index contributed by atoms with van der Waals surface area (Å²) in [6.07, 6.45) is 0. The summed E-state index contributed by atoms with van der Waals surface area (Å²) in [5.41, 5.74) is 5.53. The third-order valence-corrected chi connectivity index (χ3v) is 2.31. The predicted molar refractivity (Wildman–Crippen MR) is 65.2 cm³/mol. The van der Waals surface area contributed by atoms with Crippen molar-refractivity contribution in [3.8, 4) is 6.01 Å². The molecule has 1 heterocycles. The van der Waals surface area contributed by atoms with Crippen molar-refractivity contribution in [2.24, 2.45) is 0 Å². The average Bonchev–Trinajstić information content (AvgIpc) is 2.35. The van der Waals surface area contributed by atoms with E-state index >= 15 is 0 Å². The zero-order valence-corrected chi connectivity index (χ0v) is 10.2. The summed E-state index contributed by atoms with van der Waals surface area (Å²) in [5.74, 6) is -1.30. The maximum atomic E-state index is 13.6. The molecule has 2 rings (SSSR count). The van der Waals surface area contributed by atoms with Crippen LogP contribution in [0.2, 0.25) is 0 Å². The van der Waals surface area contributed by atoms with Gasteiger partial charge >= 0.3 is 6.01 Å². The van der Waals surface area contributed by atoms with Gasteiger partial charge < -0.3 is 15.8 Å². The molecule has 0 aliphatic rings. The fourth-order valence-corrected chi connectivity index (χ4v) is 1.38. The molecule has 0 atom stereocenters. The molecule has 3 N–H and O–H groups in total. The van der Waals surface area contributed by atoms with Crippen LogP contribution in [0.4, 0.5) is 26.4 Å². The molecule has 0 amide bonds. The van der Waals surface area contributed by atoms with Crippen molar-refractivity contribution in [3.63, 3.8) is 0 Å². The Hall–Kier alpha value is -2.51. The molecular weight excluding hydrogens is 256 g/mol. The van der Waals surface area contributed by atoms with Gasteiger partial charge in [-0.3, -0.25) is 0 Å². The molecule has 0 spiro atoms. The van der Waals surface area contributed by atoms with Gasteiger partial charge in [0.25, 0.3) is 0 Å². The summed E-state index contributed by atoms with van der Waals surface area (Å²) < 4.78 is 31.8. The number of methoxy groups -OCH3 is 1. The minimum Gasteiger partial charge on any atom is -0.467 e. The molecule has 0 aliphatic heterocycles. The summed E-state index contributed by atoms with van der Waals surface area (Å²) in [5, 5.41) is 2.52. The Morgan fingerprint density at radius 3 is 2.58 bits per heavy atom. The van der Waals surface area contributed by atoms with E-state index in [2.05, 4.69) is 20.3 Å². The molecular formula is C11H11F2N5O. The van der Waals surface area contributed by atoms with Crippen LogP contribution in [0.5, 0.6) is 6.01 Å². The molecule has 100 valence electrons. The van der Waals surface area contributed by atoms with Gasteiger partial charge in [-0.2, -0.15) is 15.0 Å². The van der Waals surface area contributed by atoms with Crippen LogP contribution in [0.1, 0.15) is 5.56 Å². The number of nitrogen functional groups attached to an aromatic ring is 1. The van der Waals surface area contributed by atoms with Gasteiger partial charge in [0.15, 0.2) is 0 Å². The van der Waals surface area contributed by atoms with Crippen LogP contribution in [-0.4, -0.2) is 22.1 Å². The fraction of sp³-hybridized carbons (Fsp3) is 0.182. The van der Waals surface area contributed by atoms with Crippen molar-refractivity contribution in [2.75, 3.05) is 18.2 Å².